The number of fused-ring (bicyclic) bond motifs is 7. The molecular formula is C30H44O5. The predicted molar refractivity (Wildman–Crippen MR) is 132 cm³/mol. The second-order valence-electron chi connectivity index (χ2n) is 13.4. The molecule has 2 saturated heterocycles. The summed E-state index contributed by atoms with van der Waals surface area (Å²) in [4.78, 5) is 26.0. The zero-order valence-electron chi connectivity index (χ0n) is 22.3. The topological polar surface area (TPSA) is 61.8 Å². The minimum absolute atomic E-state index is 0.0386. The summed E-state index contributed by atoms with van der Waals surface area (Å²) in [6.07, 6.45) is 10.9. The van der Waals surface area contributed by atoms with E-state index < -0.39 is 5.79 Å². The van der Waals surface area contributed by atoms with Crippen molar-refractivity contribution in [2.24, 2.45) is 46.3 Å². The van der Waals surface area contributed by atoms with E-state index in [1.54, 1.807) is 0 Å². The Balaban J connectivity index is 1.27. The Morgan fingerprint density at radius 2 is 1.91 bits per heavy atom. The molecule has 3 saturated carbocycles. The van der Waals surface area contributed by atoms with E-state index in [4.69, 9.17) is 14.2 Å². The zero-order valence-corrected chi connectivity index (χ0v) is 22.3. The fraction of sp³-hybridized carbons (Fsp3) is 0.867. The second kappa shape index (κ2) is 8.15. The maximum absolute atomic E-state index is 14.1. The highest BCUT2D eigenvalue weighted by molar-refractivity contribution is 5.97. The van der Waals surface area contributed by atoms with E-state index in [0.29, 0.717) is 35.9 Å². The number of carbonyl (C=O) groups excluding carboxylic acids is 2. The fourth-order valence-corrected chi connectivity index (χ4v) is 9.64. The van der Waals surface area contributed by atoms with Crippen LogP contribution in [0.25, 0.3) is 0 Å². The first-order chi connectivity index (χ1) is 16.6. The first-order valence-corrected chi connectivity index (χ1v) is 14.4. The first-order valence-electron chi connectivity index (χ1n) is 14.4. The van der Waals surface area contributed by atoms with Gasteiger partial charge in [0.2, 0.25) is 0 Å². The molecule has 0 aromatic heterocycles. The second-order valence-corrected chi connectivity index (χ2v) is 13.4. The van der Waals surface area contributed by atoms with Crippen LogP contribution in [0.2, 0.25) is 0 Å². The molecule has 5 heteroatoms. The van der Waals surface area contributed by atoms with Crippen molar-refractivity contribution in [1.82, 2.24) is 0 Å². The van der Waals surface area contributed by atoms with Crippen molar-refractivity contribution in [2.75, 3.05) is 6.61 Å². The molecule has 5 nitrogen and oxygen atoms in total. The molecule has 11 atom stereocenters. The van der Waals surface area contributed by atoms with Gasteiger partial charge in [0.1, 0.15) is 6.10 Å². The summed E-state index contributed by atoms with van der Waals surface area (Å²) in [6, 6.07) is 0. The van der Waals surface area contributed by atoms with Crippen LogP contribution in [0, 0.1) is 46.3 Å². The Morgan fingerprint density at radius 1 is 1.11 bits per heavy atom. The highest BCUT2D eigenvalue weighted by atomic mass is 16.7. The van der Waals surface area contributed by atoms with Crippen LogP contribution >= 0.6 is 0 Å². The van der Waals surface area contributed by atoms with E-state index >= 15 is 0 Å². The molecule has 1 spiro atoms. The molecule has 0 aromatic rings. The minimum atomic E-state index is -0.488. The maximum Gasteiger partial charge on any atom is 0.305 e. The van der Waals surface area contributed by atoms with Gasteiger partial charge in [0.25, 0.3) is 0 Å². The summed E-state index contributed by atoms with van der Waals surface area (Å²) in [5.41, 5.74) is 1.10. The van der Waals surface area contributed by atoms with E-state index in [0.717, 1.165) is 58.0 Å². The summed E-state index contributed by atoms with van der Waals surface area (Å²) in [7, 11) is 0. The fourth-order valence-electron chi connectivity index (χ4n) is 9.64. The Morgan fingerprint density at radius 3 is 2.63 bits per heavy atom. The van der Waals surface area contributed by atoms with Crippen molar-refractivity contribution < 1.29 is 23.8 Å². The minimum Gasteiger partial charge on any atom is -0.462 e. The summed E-state index contributed by atoms with van der Waals surface area (Å²) in [5.74, 6) is 2.14. The third kappa shape index (κ3) is 3.32. The van der Waals surface area contributed by atoms with Crippen molar-refractivity contribution in [3.63, 3.8) is 0 Å². The summed E-state index contributed by atoms with van der Waals surface area (Å²) in [5, 5.41) is 0. The van der Waals surface area contributed by atoms with E-state index in [-0.39, 0.29) is 40.8 Å². The molecule has 0 bridgehead atoms. The van der Waals surface area contributed by atoms with Gasteiger partial charge in [-0.05, 0) is 80.1 Å². The van der Waals surface area contributed by atoms with Crippen LogP contribution in [-0.4, -0.2) is 36.4 Å². The highest BCUT2D eigenvalue weighted by Crippen LogP contribution is 2.69. The highest BCUT2D eigenvalue weighted by Gasteiger charge is 2.70. The van der Waals surface area contributed by atoms with Crippen molar-refractivity contribution in [3.05, 3.63) is 11.6 Å². The van der Waals surface area contributed by atoms with Crippen LogP contribution in [-0.2, 0) is 23.8 Å². The number of hydrogen-bond acceptors (Lipinski definition) is 5. The van der Waals surface area contributed by atoms with E-state index in [9.17, 15) is 9.59 Å². The van der Waals surface area contributed by atoms with Gasteiger partial charge in [0.15, 0.2) is 11.6 Å². The Labute approximate surface area is 210 Å². The SMILES string of the molecule is CCC(=O)OC1CC[C@]2(C)C3=CC(=O)[C@@]4(C)C(CC5O[C@]6(CCC(C)CO6)[C@@H](C)C54)C3CC[C@H]2C1. The van der Waals surface area contributed by atoms with Crippen LogP contribution in [0.5, 0.6) is 0 Å². The third-order valence-electron chi connectivity index (χ3n) is 11.7. The smallest absolute Gasteiger partial charge is 0.305 e. The van der Waals surface area contributed by atoms with Crippen molar-refractivity contribution in [2.45, 2.75) is 110 Å². The Bertz CT molecular complexity index is 931. The van der Waals surface area contributed by atoms with Gasteiger partial charge in [-0.1, -0.05) is 40.2 Å². The number of ketones is 1. The Hall–Kier alpha value is -1.20. The normalized spacial score (nSPS) is 52.8. The number of hydrogen-bond donors (Lipinski definition) is 0. The van der Waals surface area contributed by atoms with E-state index in [1.807, 2.05) is 6.92 Å². The van der Waals surface area contributed by atoms with E-state index in [1.165, 1.54) is 5.57 Å². The molecule has 0 N–H and O–H groups in total. The Kier molecular flexibility index (Phi) is 5.62. The lowest BCUT2D eigenvalue weighted by molar-refractivity contribution is -0.271. The molecule has 194 valence electrons. The maximum atomic E-state index is 14.1. The zero-order chi connectivity index (χ0) is 24.8. The lowest BCUT2D eigenvalue weighted by Gasteiger charge is -2.56. The molecule has 2 heterocycles. The lowest BCUT2D eigenvalue weighted by atomic mass is 9.48. The molecule has 6 aliphatic rings. The molecule has 4 aliphatic carbocycles. The van der Waals surface area contributed by atoms with Gasteiger partial charge in [-0.2, -0.15) is 0 Å². The molecule has 0 amide bonds. The van der Waals surface area contributed by atoms with Gasteiger partial charge in [0, 0.05) is 30.1 Å². The van der Waals surface area contributed by atoms with Crippen LogP contribution in [0.15, 0.2) is 11.6 Å². The largest absolute Gasteiger partial charge is 0.462 e. The standard InChI is InChI=1S/C30H44O5/c1-6-26(32)34-20-10-11-28(4)19(13-20)7-8-21-22(28)15-25(31)29(5)23(21)14-24-27(29)18(3)30(35-24)12-9-17(2)16-33-30/h15,17-21,23-24,27H,6-14,16H2,1-5H3/t17?,18-,19-,20?,21?,23?,24?,27?,28-,29+,30+/m0/s1. The molecular weight excluding hydrogens is 440 g/mol. The average Bonchev–Trinajstić information content (AvgIpc) is 3.28. The van der Waals surface area contributed by atoms with Crippen molar-refractivity contribution in [3.8, 4) is 0 Å². The molecule has 2 aliphatic heterocycles. The van der Waals surface area contributed by atoms with Crippen molar-refractivity contribution >= 4 is 11.8 Å². The molecule has 0 aromatic carbocycles. The molecule has 6 rings (SSSR count). The number of carbonyl (C=O) groups is 2. The molecule has 5 fully saturated rings. The van der Waals surface area contributed by atoms with Gasteiger partial charge < -0.3 is 14.2 Å². The molecule has 0 radical (unpaired) electrons. The van der Waals surface area contributed by atoms with Gasteiger partial charge in [-0.3, -0.25) is 9.59 Å². The van der Waals surface area contributed by atoms with Crippen LogP contribution in [0.4, 0.5) is 0 Å². The number of esters is 1. The van der Waals surface area contributed by atoms with Crippen LogP contribution in [0.1, 0.15) is 92.4 Å². The van der Waals surface area contributed by atoms with Gasteiger partial charge in [-0.15, -0.1) is 0 Å². The van der Waals surface area contributed by atoms with Gasteiger partial charge >= 0.3 is 5.97 Å². The van der Waals surface area contributed by atoms with Crippen LogP contribution < -0.4 is 0 Å². The molecule has 35 heavy (non-hydrogen) atoms. The summed E-state index contributed by atoms with van der Waals surface area (Å²) >= 11 is 0. The molecule has 6 unspecified atom stereocenters. The van der Waals surface area contributed by atoms with Crippen LogP contribution in [0.3, 0.4) is 0 Å². The first kappa shape index (κ1) is 24.2. The van der Waals surface area contributed by atoms with Gasteiger partial charge in [-0.25, -0.2) is 0 Å². The predicted octanol–water partition coefficient (Wildman–Crippen LogP) is 5.85. The monoisotopic (exact) mass is 484 g/mol. The summed E-state index contributed by atoms with van der Waals surface area (Å²) in [6.45, 7) is 11.8. The van der Waals surface area contributed by atoms with Gasteiger partial charge in [0.05, 0.1) is 12.7 Å². The summed E-state index contributed by atoms with van der Waals surface area (Å²) < 4.78 is 19.0. The lowest BCUT2D eigenvalue weighted by Crippen LogP contribution is -2.53. The quantitative estimate of drug-likeness (QED) is 0.460. The van der Waals surface area contributed by atoms with E-state index in [2.05, 4.69) is 33.8 Å². The average molecular weight is 485 g/mol. The third-order valence-corrected chi connectivity index (χ3v) is 11.7. The number of rotatable bonds is 2. The number of allylic oxidation sites excluding steroid dienone is 2. The van der Waals surface area contributed by atoms with Crippen molar-refractivity contribution in [1.29, 1.82) is 0 Å². The number of ether oxygens (including phenoxy) is 3.